The Morgan fingerprint density at radius 3 is 2.48 bits per heavy atom. The van der Waals surface area contributed by atoms with Crippen LogP contribution >= 0.6 is 0 Å². The summed E-state index contributed by atoms with van der Waals surface area (Å²) in [7, 11) is 2.02. The Labute approximate surface area is 148 Å². The molecule has 3 N–H and O–H groups in total. The highest BCUT2D eigenvalue weighted by Gasteiger charge is 2.09. The number of rotatable bonds is 7. The number of hydrogen-bond acceptors (Lipinski definition) is 2. The summed E-state index contributed by atoms with van der Waals surface area (Å²) in [5.41, 5.74) is 2.55. The first-order valence-electron chi connectivity index (χ1n) is 8.55. The Kier molecular flexibility index (Phi) is 6.62. The van der Waals surface area contributed by atoms with Crippen LogP contribution in [0.1, 0.15) is 32.4 Å². The Hall–Kier alpha value is -2.76. The molecule has 0 unspecified atom stereocenters. The van der Waals surface area contributed by atoms with Gasteiger partial charge >= 0.3 is 6.03 Å². The molecule has 0 bridgehead atoms. The second-order valence-electron chi connectivity index (χ2n) is 6.13. The first-order chi connectivity index (χ1) is 12.0. The molecule has 0 saturated heterocycles. The lowest BCUT2D eigenvalue weighted by Crippen LogP contribution is -2.36. The van der Waals surface area contributed by atoms with Crippen molar-refractivity contribution < 1.29 is 9.59 Å². The van der Waals surface area contributed by atoms with Crippen LogP contribution in [0.3, 0.4) is 0 Å². The minimum Gasteiger partial charge on any atom is -0.354 e. The third kappa shape index (κ3) is 5.99. The summed E-state index contributed by atoms with van der Waals surface area (Å²) in [6, 6.07) is 11.0. The molecule has 0 spiro atoms. The molecule has 0 saturated carbocycles. The van der Waals surface area contributed by atoms with E-state index >= 15 is 0 Å². The normalized spacial score (nSPS) is 11.6. The van der Waals surface area contributed by atoms with Gasteiger partial charge in [0.25, 0.3) is 0 Å². The molecule has 3 amide bonds. The van der Waals surface area contributed by atoms with Crippen LogP contribution in [0.5, 0.6) is 0 Å². The van der Waals surface area contributed by atoms with Crippen molar-refractivity contribution in [3.63, 3.8) is 0 Å². The largest absolute Gasteiger partial charge is 0.354 e. The lowest BCUT2D eigenvalue weighted by Gasteiger charge is -2.15. The van der Waals surface area contributed by atoms with E-state index in [2.05, 4.69) is 26.6 Å². The van der Waals surface area contributed by atoms with E-state index in [0.29, 0.717) is 17.8 Å². The van der Waals surface area contributed by atoms with Gasteiger partial charge in [-0.3, -0.25) is 4.79 Å². The average Bonchev–Trinajstić information content (AvgIpc) is 2.98. The fourth-order valence-corrected chi connectivity index (χ4v) is 2.51. The number of aromatic nitrogens is 1. The molecule has 0 aliphatic heterocycles. The molecule has 6 nitrogen and oxygen atoms in total. The summed E-state index contributed by atoms with van der Waals surface area (Å²) in [5, 5.41) is 8.51. The summed E-state index contributed by atoms with van der Waals surface area (Å²) >= 11 is 0. The zero-order valence-corrected chi connectivity index (χ0v) is 15.0. The lowest BCUT2D eigenvalue weighted by molar-refractivity contribution is -0.115. The quantitative estimate of drug-likeness (QED) is 0.720. The summed E-state index contributed by atoms with van der Waals surface area (Å²) in [4.78, 5) is 23.6. The minimum absolute atomic E-state index is 0.0536. The molecule has 1 atom stereocenters. The van der Waals surface area contributed by atoms with Crippen molar-refractivity contribution in [1.82, 2.24) is 9.88 Å². The van der Waals surface area contributed by atoms with E-state index < -0.39 is 0 Å². The maximum atomic E-state index is 12.1. The van der Waals surface area contributed by atoms with Crippen LogP contribution in [0.2, 0.25) is 0 Å². The van der Waals surface area contributed by atoms with E-state index in [-0.39, 0.29) is 18.0 Å². The molecule has 1 heterocycles. The van der Waals surface area contributed by atoms with Crippen molar-refractivity contribution in [1.29, 1.82) is 0 Å². The van der Waals surface area contributed by atoms with Crippen LogP contribution in [0.4, 0.5) is 16.2 Å². The highest BCUT2D eigenvalue weighted by molar-refractivity contribution is 5.93. The predicted octanol–water partition coefficient (Wildman–Crippen LogP) is 3.52. The minimum atomic E-state index is -0.252. The molecule has 6 heteroatoms. The maximum Gasteiger partial charge on any atom is 0.319 e. The molecule has 25 heavy (non-hydrogen) atoms. The Balaban J connectivity index is 1.82. The van der Waals surface area contributed by atoms with Gasteiger partial charge in [0.15, 0.2) is 0 Å². The van der Waals surface area contributed by atoms with Crippen LogP contribution in [-0.2, 0) is 18.3 Å². The fourth-order valence-electron chi connectivity index (χ4n) is 2.51. The van der Waals surface area contributed by atoms with E-state index in [9.17, 15) is 9.59 Å². The van der Waals surface area contributed by atoms with Gasteiger partial charge in [0.05, 0.1) is 0 Å². The van der Waals surface area contributed by atoms with E-state index in [4.69, 9.17) is 0 Å². The molecule has 2 aromatic rings. The number of carbonyl (C=O) groups is 2. The molecule has 2 rings (SSSR count). The molecule has 0 radical (unpaired) electrons. The molecule has 0 fully saturated rings. The molecule has 0 aliphatic rings. The first kappa shape index (κ1) is 18.6. The standard InChI is InChI=1S/C19H26N4O2/c1-4-18(24)21-15-7-5-8-16(13-15)22-19(25)20-14(2)10-11-17-9-6-12-23(17)3/h5-9,12-14H,4,10-11H2,1-3H3,(H,21,24)(H2,20,22,25)/t14-/m1/s1. The van der Waals surface area contributed by atoms with Crippen molar-refractivity contribution in [2.75, 3.05) is 10.6 Å². The monoisotopic (exact) mass is 342 g/mol. The van der Waals surface area contributed by atoms with Gasteiger partial charge in [0, 0.05) is 42.8 Å². The van der Waals surface area contributed by atoms with Crippen molar-refractivity contribution in [2.45, 2.75) is 39.2 Å². The molecule has 134 valence electrons. The van der Waals surface area contributed by atoms with Crippen LogP contribution < -0.4 is 16.0 Å². The number of aryl methyl sites for hydroxylation is 2. The molecule has 1 aromatic carbocycles. The van der Waals surface area contributed by atoms with Gasteiger partial charge in [-0.05, 0) is 50.1 Å². The zero-order chi connectivity index (χ0) is 18.2. The number of nitrogens with one attached hydrogen (secondary N) is 3. The SMILES string of the molecule is CCC(=O)Nc1cccc(NC(=O)N[C@H](C)CCc2cccn2C)c1. The number of amides is 3. The third-order valence-corrected chi connectivity index (χ3v) is 3.99. The van der Waals surface area contributed by atoms with Crippen molar-refractivity contribution in [3.05, 3.63) is 48.3 Å². The highest BCUT2D eigenvalue weighted by Crippen LogP contribution is 2.15. The van der Waals surface area contributed by atoms with Gasteiger partial charge in [-0.25, -0.2) is 4.79 Å². The molecule has 0 aliphatic carbocycles. The van der Waals surface area contributed by atoms with Crippen molar-refractivity contribution >= 4 is 23.3 Å². The topological polar surface area (TPSA) is 75.2 Å². The third-order valence-electron chi connectivity index (χ3n) is 3.99. The second kappa shape index (κ2) is 8.92. The Bertz CT molecular complexity index is 724. The molecular formula is C19H26N4O2. The van der Waals surface area contributed by atoms with E-state index in [1.54, 1.807) is 31.2 Å². The van der Waals surface area contributed by atoms with Gasteiger partial charge in [0.1, 0.15) is 0 Å². The number of benzene rings is 1. The molecule has 1 aromatic heterocycles. The maximum absolute atomic E-state index is 12.1. The number of nitrogens with zero attached hydrogens (tertiary/aromatic N) is 1. The van der Waals surface area contributed by atoms with Crippen LogP contribution in [0.25, 0.3) is 0 Å². The summed E-state index contributed by atoms with van der Waals surface area (Å²) in [5.74, 6) is -0.0594. The second-order valence-corrected chi connectivity index (χ2v) is 6.13. The van der Waals surface area contributed by atoms with Gasteiger partial charge in [-0.1, -0.05) is 13.0 Å². The fraction of sp³-hybridized carbons (Fsp3) is 0.368. The van der Waals surface area contributed by atoms with Crippen LogP contribution in [0, 0.1) is 0 Å². The molecular weight excluding hydrogens is 316 g/mol. The highest BCUT2D eigenvalue weighted by atomic mass is 16.2. The lowest BCUT2D eigenvalue weighted by atomic mass is 10.1. The van der Waals surface area contributed by atoms with Gasteiger partial charge < -0.3 is 20.5 Å². The predicted molar refractivity (Wildman–Crippen MR) is 101 cm³/mol. The zero-order valence-electron chi connectivity index (χ0n) is 15.0. The van der Waals surface area contributed by atoms with Gasteiger partial charge in [-0.2, -0.15) is 0 Å². The van der Waals surface area contributed by atoms with E-state index in [1.165, 1.54) is 5.69 Å². The van der Waals surface area contributed by atoms with Crippen LogP contribution in [-0.4, -0.2) is 22.5 Å². The Morgan fingerprint density at radius 1 is 1.12 bits per heavy atom. The summed E-state index contributed by atoms with van der Waals surface area (Å²) < 4.78 is 2.09. The van der Waals surface area contributed by atoms with Gasteiger partial charge in [0.2, 0.25) is 5.91 Å². The van der Waals surface area contributed by atoms with E-state index in [1.807, 2.05) is 26.2 Å². The summed E-state index contributed by atoms with van der Waals surface area (Å²) in [6.07, 6.45) is 4.20. The van der Waals surface area contributed by atoms with E-state index in [0.717, 1.165) is 12.8 Å². The average molecular weight is 342 g/mol. The summed E-state index contributed by atoms with van der Waals surface area (Å²) in [6.45, 7) is 3.78. The van der Waals surface area contributed by atoms with Crippen molar-refractivity contribution in [2.24, 2.45) is 7.05 Å². The van der Waals surface area contributed by atoms with Crippen LogP contribution in [0.15, 0.2) is 42.6 Å². The van der Waals surface area contributed by atoms with Crippen molar-refractivity contribution in [3.8, 4) is 0 Å². The first-order valence-corrected chi connectivity index (χ1v) is 8.55. The number of anilines is 2. The number of urea groups is 1. The Morgan fingerprint density at radius 2 is 1.84 bits per heavy atom. The van der Waals surface area contributed by atoms with Gasteiger partial charge in [-0.15, -0.1) is 0 Å². The number of hydrogen-bond donors (Lipinski definition) is 3. The smallest absolute Gasteiger partial charge is 0.319 e. The number of carbonyl (C=O) groups excluding carboxylic acids is 2.